The predicted octanol–water partition coefficient (Wildman–Crippen LogP) is 0.210. The highest BCUT2D eigenvalue weighted by Crippen LogP contribution is 2.12. The second-order valence-electron chi connectivity index (χ2n) is 5.06. The number of likely N-dealkylation sites (N-methyl/N-ethyl adjacent to an activating group) is 1. The van der Waals surface area contributed by atoms with Crippen molar-refractivity contribution in [3.63, 3.8) is 0 Å². The molecule has 1 amide bonds. The van der Waals surface area contributed by atoms with E-state index in [2.05, 4.69) is 15.2 Å². The summed E-state index contributed by atoms with van der Waals surface area (Å²) in [5.74, 6) is 0.825. The van der Waals surface area contributed by atoms with Gasteiger partial charge in [-0.3, -0.25) is 4.79 Å². The molecule has 20 heavy (non-hydrogen) atoms. The maximum Gasteiger partial charge on any atom is 0.252 e. The number of nitrogens with one attached hydrogen (secondary N) is 1. The van der Waals surface area contributed by atoms with E-state index in [0.29, 0.717) is 12.1 Å². The van der Waals surface area contributed by atoms with Crippen LogP contribution in [0.5, 0.6) is 0 Å². The number of carbonyl (C=O) groups is 1. The van der Waals surface area contributed by atoms with Gasteiger partial charge in [0.05, 0.1) is 18.8 Å². The Morgan fingerprint density at radius 3 is 2.75 bits per heavy atom. The number of ether oxygens (including phenoxy) is 1. The predicted molar refractivity (Wildman–Crippen MR) is 78.2 cm³/mol. The van der Waals surface area contributed by atoms with Gasteiger partial charge in [0.1, 0.15) is 5.82 Å². The molecule has 1 aliphatic rings. The minimum atomic E-state index is -0.0760. The van der Waals surface area contributed by atoms with Crippen LogP contribution in [0.15, 0.2) is 18.3 Å². The Morgan fingerprint density at radius 2 is 2.15 bits per heavy atom. The molecule has 2 rings (SSSR count). The van der Waals surface area contributed by atoms with Crippen LogP contribution in [0.4, 0.5) is 5.82 Å². The number of nitrogens with zero attached hydrogens (tertiary/aromatic N) is 3. The van der Waals surface area contributed by atoms with E-state index >= 15 is 0 Å². The molecule has 0 aliphatic carbocycles. The largest absolute Gasteiger partial charge is 0.378 e. The highest BCUT2D eigenvalue weighted by molar-refractivity contribution is 5.94. The van der Waals surface area contributed by atoms with E-state index in [4.69, 9.17) is 4.74 Å². The van der Waals surface area contributed by atoms with Gasteiger partial charge >= 0.3 is 0 Å². The second kappa shape index (κ2) is 7.21. The monoisotopic (exact) mass is 278 g/mol. The Labute approximate surface area is 119 Å². The molecule has 6 heteroatoms. The fraction of sp³-hybridized carbons (Fsp3) is 0.571. The Morgan fingerprint density at radius 1 is 1.40 bits per heavy atom. The van der Waals surface area contributed by atoms with Gasteiger partial charge in [0, 0.05) is 32.4 Å². The molecule has 1 N–H and O–H groups in total. The summed E-state index contributed by atoms with van der Waals surface area (Å²) in [6.07, 6.45) is 1.63. The van der Waals surface area contributed by atoms with Crippen molar-refractivity contribution in [2.45, 2.75) is 0 Å². The van der Waals surface area contributed by atoms with Gasteiger partial charge in [-0.1, -0.05) is 0 Å². The summed E-state index contributed by atoms with van der Waals surface area (Å²) in [7, 11) is 3.95. The van der Waals surface area contributed by atoms with E-state index in [1.165, 1.54) is 0 Å². The molecule has 2 heterocycles. The van der Waals surface area contributed by atoms with E-state index in [1.807, 2.05) is 31.1 Å². The first-order valence-corrected chi connectivity index (χ1v) is 6.88. The van der Waals surface area contributed by atoms with Gasteiger partial charge in [-0.15, -0.1) is 0 Å². The average molecular weight is 278 g/mol. The number of morpholine rings is 1. The first kappa shape index (κ1) is 14.7. The summed E-state index contributed by atoms with van der Waals surface area (Å²) in [5.41, 5.74) is 0.598. The maximum atomic E-state index is 11.9. The zero-order chi connectivity index (χ0) is 14.4. The fourth-order valence-electron chi connectivity index (χ4n) is 1.99. The summed E-state index contributed by atoms with van der Waals surface area (Å²) in [6.45, 7) is 4.62. The first-order chi connectivity index (χ1) is 9.66. The van der Waals surface area contributed by atoms with Crippen LogP contribution in [-0.4, -0.2) is 69.3 Å². The van der Waals surface area contributed by atoms with E-state index < -0.39 is 0 Å². The zero-order valence-electron chi connectivity index (χ0n) is 12.1. The van der Waals surface area contributed by atoms with Crippen molar-refractivity contribution in [1.82, 2.24) is 15.2 Å². The van der Waals surface area contributed by atoms with Crippen molar-refractivity contribution in [3.05, 3.63) is 23.9 Å². The number of pyridine rings is 1. The molecule has 0 atom stereocenters. The van der Waals surface area contributed by atoms with Crippen LogP contribution < -0.4 is 10.2 Å². The lowest BCUT2D eigenvalue weighted by Gasteiger charge is -2.27. The molecule has 1 aromatic rings. The summed E-state index contributed by atoms with van der Waals surface area (Å²) in [5, 5.41) is 2.88. The number of anilines is 1. The normalized spacial score (nSPS) is 15.4. The third kappa shape index (κ3) is 4.18. The van der Waals surface area contributed by atoms with Gasteiger partial charge in [0.25, 0.3) is 5.91 Å². The fourth-order valence-corrected chi connectivity index (χ4v) is 1.99. The summed E-state index contributed by atoms with van der Waals surface area (Å²) in [6, 6.07) is 3.72. The highest BCUT2D eigenvalue weighted by Gasteiger charge is 2.13. The summed E-state index contributed by atoms with van der Waals surface area (Å²) < 4.78 is 5.31. The van der Waals surface area contributed by atoms with Crippen molar-refractivity contribution < 1.29 is 9.53 Å². The Bertz CT molecular complexity index is 427. The molecule has 1 fully saturated rings. The van der Waals surface area contributed by atoms with Crippen LogP contribution in [0, 0.1) is 0 Å². The number of aromatic nitrogens is 1. The van der Waals surface area contributed by atoms with Crippen LogP contribution >= 0.6 is 0 Å². The number of carbonyl (C=O) groups excluding carboxylic acids is 1. The lowest BCUT2D eigenvalue weighted by molar-refractivity contribution is 0.0950. The third-order valence-electron chi connectivity index (χ3n) is 3.19. The van der Waals surface area contributed by atoms with E-state index in [0.717, 1.165) is 38.7 Å². The van der Waals surface area contributed by atoms with Gasteiger partial charge in [-0.05, 0) is 26.2 Å². The molecule has 0 radical (unpaired) electrons. The van der Waals surface area contributed by atoms with E-state index in [9.17, 15) is 4.79 Å². The lowest BCUT2D eigenvalue weighted by atomic mass is 10.2. The van der Waals surface area contributed by atoms with Gasteiger partial charge in [-0.25, -0.2) is 4.98 Å². The van der Waals surface area contributed by atoms with Gasteiger partial charge < -0.3 is 19.9 Å². The third-order valence-corrected chi connectivity index (χ3v) is 3.19. The van der Waals surface area contributed by atoms with Crippen LogP contribution in [-0.2, 0) is 4.74 Å². The van der Waals surface area contributed by atoms with Crippen LogP contribution in [0.3, 0.4) is 0 Å². The van der Waals surface area contributed by atoms with Crippen molar-refractivity contribution in [1.29, 1.82) is 0 Å². The average Bonchev–Trinajstić information content (AvgIpc) is 2.48. The van der Waals surface area contributed by atoms with Crippen LogP contribution in [0.25, 0.3) is 0 Å². The van der Waals surface area contributed by atoms with Gasteiger partial charge in [0.15, 0.2) is 0 Å². The van der Waals surface area contributed by atoms with E-state index in [-0.39, 0.29) is 5.91 Å². The molecular weight excluding hydrogens is 256 g/mol. The molecule has 1 aliphatic heterocycles. The molecule has 110 valence electrons. The number of amides is 1. The summed E-state index contributed by atoms with van der Waals surface area (Å²) in [4.78, 5) is 20.5. The molecule has 1 saturated heterocycles. The Hall–Kier alpha value is -1.66. The number of rotatable bonds is 5. The van der Waals surface area contributed by atoms with Gasteiger partial charge in [-0.2, -0.15) is 0 Å². The zero-order valence-corrected chi connectivity index (χ0v) is 12.1. The Kier molecular flexibility index (Phi) is 5.31. The van der Waals surface area contributed by atoms with Crippen molar-refractivity contribution >= 4 is 11.7 Å². The standard InChI is InChI=1S/C14H22N4O2/c1-17(2)6-5-15-14(19)12-3-4-13(16-11-12)18-7-9-20-10-8-18/h3-4,11H,5-10H2,1-2H3,(H,15,19). The second-order valence-corrected chi connectivity index (χ2v) is 5.06. The van der Waals surface area contributed by atoms with Gasteiger partial charge in [0.2, 0.25) is 0 Å². The molecular formula is C14H22N4O2. The number of hydrogen-bond acceptors (Lipinski definition) is 5. The topological polar surface area (TPSA) is 57.7 Å². The van der Waals surface area contributed by atoms with Crippen molar-refractivity contribution in [2.75, 3.05) is 58.4 Å². The minimum absolute atomic E-state index is 0.0760. The first-order valence-electron chi connectivity index (χ1n) is 6.88. The molecule has 0 spiro atoms. The number of hydrogen-bond donors (Lipinski definition) is 1. The molecule has 0 saturated carbocycles. The van der Waals surface area contributed by atoms with Crippen molar-refractivity contribution in [2.24, 2.45) is 0 Å². The molecule has 1 aromatic heterocycles. The van der Waals surface area contributed by atoms with E-state index in [1.54, 1.807) is 6.20 Å². The Balaban J connectivity index is 1.88. The maximum absolute atomic E-state index is 11.9. The molecule has 0 bridgehead atoms. The molecule has 6 nitrogen and oxygen atoms in total. The smallest absolute Gasteiger partial charge is 0.252 e. The quantitative estimate of drug-likeness (QED) is 0.834. The van der Waals surface area contributed by atoms with Crippen LogP contribution in [0.1, 0.15) is 10.4 Å². The highest BCUT2D eigenvalue weighted by atomic mass is 16.5. The minimum Gasteiger partial charge on any atom is -0.378 e. The molecule has 0 aromatic carbocycles. The van der Waals surface area contributed by atoms with Crippen LogP contribution in [0.2, 0.25) is 0 Å². The summed E-state index contributed by atoms with van der Waals surface area (Å²) >= 11 is 0. The molecule has 0 unspecified atom stereocenters. The van der Waals surface area contributed by atoms with Crippen molar-refractivity contribution in [3.8, 4) is 0 Å². The lowest BCUT2D eigenvalue weighted by Crippen LogP contribution is -2.36. The SMILES string of the molecule is CN(C)CCNC(=O)c1ccc(N2CCOCC2)nc1.